The Bertz CT molecular complexity index is 356. The topological polar surface area (TPSA) is 71.8 Å². The molecule has 0 spiro atoms. The van der Waals surface area contributed by atoms with Crippen molar-refractivity contribution in [3.05, 3.63) is 12.2 Å². The predicted molar refractivity (Wildman–Crippen MR) is 58.5 cm³/mol. The highest BCUT2D eigenvalue weighted by atomic mass is 16.2. The van der Waals surface area contributed by atoms with Crippen LogP contribution in [0.3, 0.4) is 0 Å². The molecule has 0 radical (unpaired) electrons. The summed E-state index contributed by atoms with van der Waals surface area (Å²) in [4.78, 5) is 15.8. The minimum absolute atomic E-state index is 0.0440. The fourth-order valence-corrected chi connectivity index (χ4v) is 1.83. The average molecular weight is 223 g/mol. The number of piperidine rings is 1. The second kappa shape index (κ2) is 5.07. The summed E-state index contributed by atoms with van der Waals surface area (Å²) in [5, 5.41) is 10.1. The minimum Gasteiger partial charge on any atom is -0.347 e. The molecule has 0 saturated carbocycles. The van der Waals surface area contributed by atoms with Crippen LogP contribution in [0.15, 0.2) is 6.33 Å². The maximum atomic E-state index is 11.7. The van der Waals surface area contributed by atoms with Gasteiger partial charge < -0.3 is 10.6 Å². The van der Waals surface area contributed by atoms with Crippen molar-refractivity contribution in [1.82, 2.24) is 25.4 Å². The first-order valence-corrected chi connectivity index (χ1v) is 5.61. The van der Waals surface area contributed by atoms with E-state index in [0.717, 1.165) is 25.8 Å². The predicted octanol–water partition coefficient (Wildman–Crippen LogP) is -0.427. The van der Waals surface area contributed by atoms with Crippen molar-refractivity contribution in [3.8, 4) is 0 Å². The van der Waals surface area contributed by atoms with Gasteiger partial charge in [-0.1, -0.05) is 6.42 Å². The highest BCUT2D eigenvalue weighted by Gasteiger charge is 2.20. The summed E-state index contributed by atoms with van der Waals surface area (Å²) in [5.74, 6) is 0.693. The maximum absolute atomic E-state index is 11.7. The lowest BCUT2D eigenvalue weighted by Crippen LogP contribution is -2.46. The molecule has 1 amide bonds. The molecular formula is C10H17N5O. The van der Waals surface area contributed by atoms with Crippen molar-refractivity contribution in [1.29, 1.82) is 0 Å². The van der Waals surface area contributed by atoms with Gasteiger partial charge >= 0.3 is 0 Å². The zero-order chi connectivity index (χ0) is 11.4. The fraction of sp³-hybridized carbons (Fsp3) is 0.700. The van der Waals surface area contributed by atoms with Gasteiger partial charge in [0.25, 0.3) is 0 Å². The van der Waals surface area contributed by atoms with Crippen LogP contribution in [0.5, 0.6) is 0 Å². The van der Waals surface area contributed by atoms with Crippen LogP contribution in [0.1, 0.15) is 25.1 Å². The third-order valence-electron chi connectivity index (χ3n) is 2.69. The molecule has 0 aromatic carbocycles. The molecule has 2 rings (SSSR count). The Morgan fingerprint density at radius 2 is 2.56 bits per heavy atom. The van der Waals surface area contributed by atoms with E-state index in [1.165, 1.54) is 0 Å². The number of hydrogen-bond acceptors (Lipinski definition) is 4. The molecular weight excluding hydrogens is 206 g/mol. The molecule has 1 aromatic heterocycles. The van der Waals surface area contributed by atoms with E-state index in [9.17, 15) is 4.79 Å². The van der Waals surface area contributed by atoms with Crippen LogP contribution in [-0.2, 0) is 18.4 Å². The van der Waals surface area contributed by atoms with Crippen LogP contribution < -0.4 is 10.6 Å². The lowest BCUT2D eigenvalue weighted by molar-refractivity contribution is -0.123. The van der Waals surface area contributed by atoms with E-state index >= 15 is 0 Å². The van der Waals surface area contributed by atoms with Crippen LogP contribution >= 0.6 is 0 Å². The van der Waals surface area contributed by atoms with Crippen molar-refractivity contribution in [3.63, 3.8) is 0 Å². The number of amides is 1. The summed E-state index contributed by atoms with van der Waals surface area (Å²) in [6.07, 6.45) is 4.82. The highest BCUT2D eigenvalue weighted by molar-refractivity contribution is 5.81. The maximum Gasteiger partial charge on any atom is 0.237 e. The fourth-order valence-electron chi connectivity index (χ4n) is 1.83. The Labute approximate surface area is 94.4 Å². The van der Waals surface area contributed by atoms with Crippen LogP contribution in [0, 0.1) is 0 Å². The third-order valence-corrected chi connectivity index (χ3v) is 2.69. The van der Waals surface area contributed by atoms with Gasteiger partial charge in [-0.05, 0) is 19.4 Å². The molecule has 1 atom stereocenters. The quantitative estimate of drug-likeness (QED) is 0.729. The Hall–Kier alpha value is -1.43. The molecule has 1 aromatic rings. The number of aromatic nitrogens is 3. The number of aryl methyl sites for hydroxylation is 1. The number of nitrogens with one attached hydrogen (secondary N) is 2. The zero-order valence-electron chi connectivity index (χ0n) is 9.44. The smallest absolute Gasteiger partial charge is 0.237 e. The average Bonchev–Trinajstić information content (AvgIpc) is 2.73. The van der Waals surface area contributed by atoms with Crippen molar-refractivity contribution in [2.45, 2.75) is 31.8 Å². The van der Waals surface area contributed by atoms with Crippen molar-refractivity contribution >= 4 is 5.91 Å². The van der Waals surface area contributed by atoms with E-state index < -0.39 is 0 Å². The Kier molecular flexibility index (Phi) is 3.51. The Balaban J connectivity index is 1.78. The molecule has 88 valence electrons. The van der Waals surface area contributed by atoms with Gasteiger partial charge in [0.1, 0.15) is 6.33 Å². The molecule has 1 fully saturated rings. The van der Waals surface area contributed by atoms with Crippen LogP contribution in [0.4, 0.5) is 0 Å². The number of hydrogen-bond donors (Lipinski definition) is 2. The summed E-state index contributed by atoms with van der Waals surface area (Å²) in [6.45, 7) is 1.33. The highest BCUT2D eigenvalue weighted by Crippen LogP contribution is 2.06. The summed E-state index contributed by atoms with van der Waals surface area (Å²) >= 11 is 0. The van der Waals surface area contributed by atoms with Crippen LogP contribution in [-0.4, -0.2) is 33.3 Å². The Morgan fingerprint density at radius 3 is 3.19 bits per heavy atom. The van der Waals surface area contributed by atoms with Gasteiger partial charge in [-0.25, -0.2) is 4.98 Å². The van der Waals surface area contributed by atoms with Gasteiger partial charge in [-0.15, -0.1) is 0 Å². The molecule has 6 heteroatoms. The summed E-state index contributed by atoms with van der Waals surface area (Å²) in [5.41, 5.74) is 0. The third kappa shape index (κ3) is 2.79. The van der Waals surface area contributed by atoms with Gasteiger partial charge in [0.2, 0.25) is 5.91 Å². The zero-order valence-corrected chi connectivity index (χ0v) is 9.44. The van der Waals surface area contributed by atoms with E-state index in [2.05, 4.69) is 20.7 Å². The van der Waals surface area contributed by atoms with Crippen molar-refractivity contribution < 1.29 is 4.79 Å². The van der Waals surface area contributed by atoms with Gasteiger partial charge in [0, 0.05) is 7.05 Å². The molecule has 0 bridgehead atoms. The van der Waals surface area contributed by atoms with Crippen molar-refractivity contribution in [2.24, 2.45) is 7.05 Å². The van der Waals surface area contributed by atoms with Crippen molar-refractivity contribution in [2.75, 3.05) is 6.54 Å². The van der Waals surface area contributed by atoms with E-state index in [4.69, 9.17) is 0 Å². The lowest BCUT2D eigenvalue weighted by atomic mass is 10.0. The number of nitrogens with zero attached hydrogens (tertiary/aromatic N) is 3. The van der Waals surface area contributed by atoms with E-state index in [1.54, 1.807) is 18.1 Å². The first-order valence-electron chi connectivity index (χ1n) is 5.61. The lowest BCUT2D eigenvalue weighted by Gasteiger charge is -2.22. The summed E-state index contributed by atoms with van der Waals surface area (Å²) in [6, 6.07) is -0.0440. The molecule has 6 nitrogen and oxygen atoms in total. The second-order valence-electron chi connectivity index (χ2n) is 4.05. The molecule has 0 unspecified atom stereocenters. The first kappa shape index (κ1) is 11.1. The van der Waals surface area contributed by atoms with Crippen LogP contribution in [0.25, 0.3) is 0 Å². The molecule has 1 saturated heterocycles. The molecule has 16 heavy (non-hydrogen) atoms. The first-order chi connectivity index (χ1) is 7.75. The SMILES string of the molecule is Cn1cnc(CNC(=O)[C@H]2CCCCN2)n1. The molecule has 1 aliphatic rings. The molecule has 2 N–H and O–H groups in total. The second-order valence-corrected chi connectivity index (χ2v) is 4.05. The van der Waals surface area contributed by atoms with E-state index in [1.807, 2.05) is 0 Å². The Morgan fingerprint density at radius 1 is 1.69 bits per heavy atom. The summed E-state index contributed by atoms with van der Waals surface area (Å²) in [7, 11) is 1.81. The minimum atomic E-state index is -0.0440. The summed E-state index contributed by atoms with van der Waals surface area (Å²) < 4.78 is 1.63. The monoisotopic (exact) mass is 223 g/mol. The van der Waals surface area contributed by atoms with Gasteiger partial charge in [-0.3, -0.25) is 9.48 Å². The number of carbonyl (C=O) groups excluding carboxylic acids is 1. The largest absolute Gasteiger partial charge is 0.347 e. The molecule has 0 aliphatic carbocycles. The number of rotatable bonds is 3. The standard InChI is InChI=1S/C10H17N5O/c1-15-7-13-9(14-15)6-12-10(16)8-4-2-3-5-11-8/h7-8,11H,2-6H2,1H3,(H,12,16)/t8-/m1/s1. The van der Waals surface area contributed by atoms with Gasteiger partial charge in [-0.2, -0.15) is 5.10 Å². The normalized spacial score (nSPS) is 20.7. The van der Waals surface area contributed by atoms with E-state index in [0.29, 0.717) is 12.4 Å². The molecule has 1 aliphatic heterocycles. The van der Waals surface area contributed by atoms with E-state index in [-0.39, 0.29) is 11.9 Å². The van der Waals surface area contributed by atoms with Gasteiger partial charge in [0.05, 0.1) is 12.6 Å². The van der Waals surface area contributed by atoms with Crippen LogP contribution in [0.2, 0.25) is 0 Å². The number of carbonyl (C=O) groups is 1. The van der Waals surface area contributed by atoms with Gasteiger partial charge in [0.15, 0.2) is 5.82 Å². The molecule has 2 heterocycles.